The van der Waals surface area contributed by atoms with E-state index in [0.717, 1.165) is 16.7 Å². The molecular formula is C17H15NO3. The van der Waals surface area contributed by atoms with Gasteiger partial charge < -0.3 is 14.6 Å². The van der Waals surface area contributed by atoms with Crippen LogP contribution in [0.2, 0.25) is 0 Å². The lowest BCUT2D eigenvalue weighted by Gasteiger charge is -2.11. The third-order valence-electron chi connectivity index (χ3n) is 3.16. The molecule has 1 aromatic heterocycles. The zero-order chi connectivity index (χ0) is 14.7. The van der Waals surface area contributed by atoms with Crippen LogP contribution in [0.1, 0.15) is 5.69 Å². The van der Waals surface area contributed by atoms with Gasteiger partial charge in [0.05, 0.1) is 24.9 Å². The van der Waals surface area contributed by atoms with Crippen LogP contribution in [0.15, 0.2) is 54.6 Å². The number of aliphatic hydroxyl groups is 1. The Hall–Kier alpha value is -2.59. The topological polar surface area (TPSA) is 51.6 Å². The molecule has 2 aromatic carbocycles. The molecule has 4 nitrogen and oxygen atoms in total. The first-order chi connectivity index (χ1) is 10.3. The number of hydrogen-bond donors (Lipinski definition) is 1. The molecule has 1 heterocycles. The minimum atomic E-state index is -0.126. The Balaban J connectivity index is 2.06. The Bertz CT molecular complexity index is 771. The Morgan fingerprint density at radius 2 is 1.81 bits per heavy atom. The highest BCUT2D eigenvalue weighted by Gasteiger charge is 2.08. The second-order valence-electron chi connectivity index (χ2n) is 4.57. The van der Waals surface area contributed by atoms with E-state index in [0.29, 0.717) is 17.2 Å². The number of pyridine rings is 1. The SMILES string of the molecule is COc1cccc(Oc2cc(CO)nc3ccccc23)c1. The zero-order valence-corrected chi connectivity index (χ0v) is 11.6. The molecule has 0 spiro atoms. The molecule has 0 aliphatic rings. The largest absolute Gasteiger partial charge is 0.497 e. The lowest BCUT2D eigenvalue weighted by atomic mass is 10.2. The number of methoxy groups -OCH3 is 1. The highest BCUT2D eigenvalue weighted by Crippen LogP contribution is 2.31. The summed E-state index contributed by atoms with van der Waals surface area (Å²) in [4.78, 5) is 4.38. The van der Waals surface area contributed by atoms with Gasteiger partial charge in [-0.3, -0.25) is 4.98 Å². The fraction of sp³-hybridized carbons (Fsp3) is 0.118. The van der Waals surface area contributed by atoms with Crippen molar-refractivity contribution in [2.24, 2.45) is 0 Å². The number of fused-ring (bicyclic) bond motifs is 1. The predicted molar refractivity (Wildman–Crippen MR) is 80.7 cm³/mol. The first kappa shape index (κ1) is 13.4. The first-order valence-corrected chi connectivity index (χ1v) is 6.61. The van der Waals surface area contributed by atoms with E-state index in [-0.39, 0.29) is 6.61 Å². The quantitative estimate of drug-likeness (QED) is 0.795. The fourth-order valence-electron chi connectivity index (χ4n) is 2.15. The number of aliphatic hydroxyl groups excluding tert-OH is 1. The van der Waals surface area contributed by atoms with Crippen molar-refractivity contribution < 1.29 is 14.6 Å². The van der Waals surface area contributed by atoms with Crippen LogP contribution in [0.5, 0.6) is 17.2 Å². The van der Waals surface area contributed by atoms with Gasteiger partial charge in [0.1, 0.15) is 17.2 Å². The smallest absolute Gasteiger partial charge is 0.138 e. The Morgan fingerprint density at radius 3 is 2.62 bits per heavy atom. The van der Waals surface area contributed by atoms with Gasteiger partial charge in [-0.05, 0) is 24.3 Å². The molecule has 0 fully saturated rings. The van der Waals surface area contributed by atoms with Gasteiger partial charge in [-0.1, -0.05) is 18.2 Å². The van der Waals surface area contributed by atoms with E-state index in [1.165, 1.54) is 0 Å². The van der Waals surface area contributed by atoms with Gasteiger partial charge in [0.15, 0.2) is 0 Å². The molecule has 0 aliphatic heterocycles. The number of nitrogens with zero attached hydrogens (tertiary/aromatic N) is 1. The lowest BCUT2D eigenvalue weighted by molar-refractivity contribution is 0.276. The summed E-state index contributed by atoms with van der Waals surface area (Å²) in [6, 6.07) is 16.8. The van der Waals surface area contributed by atoms with Crippen LogP contribution in [-0.2, 0) is 6.61 Å². The van der Waals surface area contributed by atoms with Gasteiger partial charge in [0, 0.05) is 17.5 Å². The summed E-state index contributed by atoms with van der Waals surface area (Å²) in [5.74, 6) is 2.07. The Kier molecular flexibility index (Phi) is 3.71. The summed E-state index contributed by atoms with van der Waals surface area (Å²) in [7, 11) is 1.62. The van der Waals surface area contributed by atoms with Crippen molar-refractivity contribution in [3.63, 3.8) is 0 Å². The van der Waals surface area contributed by atoms with Gasteiger partial charge in [0.2, 0.25) is 0 Å². The Labute approximate surface area is 122 Å². The normalized spacial score (nSPS) is 10.6. The van der Waals surface area contributed by atoms with Crippen LogP contribution >= 0.6 is 0 Å². The van der Waals surface area contributed by atoms with Gasteiger partial charge in [-0.25, -0.2) is 0 Å². The van der Waals surface area contributed by atoms with Crippen LogP contribution in [0.4, 0.5) is 0 Å². The molecule has 0 saturated carbocycles. The highest BCUT2D eigenvalue weighted by atomic mass is 16.5. The summed E-state index contributed by atoms with van der Waals surface area (Å²) in [6.07, 6.45) is 0. The van der Waals surface area contributed by atoms with Crippen LogP contribution in [0.3, 0.4) is 0 Å². The van der Waals surface area contributed by atoms with Crippen LogP contribution in [-0.4, -0.2) is 17.2 Å². The van der Waals surface area contributed by atoms with Crippen molar-refractivity contribution in [2.45, 2.75) is 6.61 Å². The second-order valence-corrected chi connectivity index (χ2v) is 4.57. The van der Waals surface area contributed by atoms with Crippen molar-refractivity contribution in [1.29, 1.82) is 0 Å². The molecule has 0 amide bonds. The standard InChI is InChI=1S/C17H15NO3/c1-20-13-5-4-6-14(10-13)21-17-9-12(11-19)18-16-8-3-2-7-15(16)17/h2-10,19H,11H2,1H3. The molecule has 0 aliphatic carbocycles. The number of ether oxygens (including phenoxy) is 2. The molecule has 106 valence electrons. The van der Waals surface area contributed by atoms with Crippen molar-refractivity contribution >= 4 is 10.9 Å². The van der Waals surface area contributed by atoms with Crippen molar-refractivity contribution in [3.8, 4) is 17.2 Å². The minimum Gasteiger partial charge on any atom is -0.497 e. The molecule has 0 unspecified atom stereocenters. The molecule has 0 atom stereocenters. The van der Waals surface area contributed by atoms with Crippen LogP contribution in [0.25, 0.3) is 10.9 Å². The summed E-state index contributed by atoms with van der Waals surface area (Å²) >= 11 is 0. The van der Waals surface area contributed by atoms with E-state index in [4.69, 9.17) is 9.47 Å². The molecule has 3 aromatic rings. The summed E-state index contributed by atoms with van der Waals surface area (Å²) in [5, 5.41) is 10.2. The molecule has 1 N–H and O–H groups in total. The summed E-state index contributed by atoms with van der Waals surface area (Å²) in [5.41, 5.74) is 1.37. The first-order valence-electron chi connectivity index (χ1n) is 6.61. The van der Waals surface area contributed by atoms with Crippen LogP contribution in [0, 0.1) is 0 Å². The van der Waals surface area contributed by atoms with E-state index in [1.54, 1.807) is 13.2 Å². The minimum absolute atomic E-state index is 0.126. The molecule has 0 radical (unpaired) electrons. The maximum absolute atomic E-state index is 9.33. The molecular weight excluding hydrogens is 266 g/mol. The van der Waals surface area contributed by atoms with Gasteiger partial charge in [0.25, 0.3) is 0 Å². The third-order valence-corrected chi connectivity index (χ3v) is 3.16. The van der Waals surface area contributed by atoms with Gasteiger partial charge in [-0.2, -0.15) is 0 Å². The van der Waals surface area contributed by atoms with E-state index >= 15 is 0 Å². The molecule has 4 heteroatoms. The van der Waals surface area contributed by atoms with Gasteiger partial charge >= 0.3 is 0 Å². The number of hydrogen-bond acceptors (Lipinski definition) is 4. The second kappa shape index (κ2) is 5.81. The summed E-state index contributed by atoms with van der Waals surface area (Å²) < 4.78 is 11.1. The monoisotopic (exact) mass is 281 g/mol. The number of rotatable bonds is 4. The third kappa shape index (κ3) is 2.80. The van der Waals surface area contributed by atoms with Crippen molar-refractivity contribution in [1.82, 2.24) is 4.98 Å². The van der Waals surface area contributed by atoms with E-state index in [1.807, 2.05) is 48.5 Å². The lowest BCUT2D eigenvalue weighted by Crippen LogP contribution is -1.94. The maximum atomic E-state index is 9.33. The average molecular weight is 281 g/mol. The van der Waals surface area contributed by atoms with E-state index in [9.17, 15) is 5.11 Å². The number of aromatic nitrogens is 1. The van der Waals surface area contributed by atoms with Crippen molar-refractivity contribution in [2.75, 3.05) is 7.11 Å². The van der Waals surface area contributed by atoms with Crippen LogP contribution < -0.4 is 9.47 Å². The Morgan fingerprint density at radius 1 is 1.00 bits per heavy atom. The fourth-order valence-corrected chi connectivity index (χ4v) is 2.15. The summed E-state index contributed by atoms with van der Waals surface area (Å²) in [6.45, 7) is -0.126. The van der Waals surface area contributed by atoms with Crippen molar-refractivity contribution in [3.05, 3.63) is 60.3 Å². The molecule has 0 bridgehead atoms. The molecule has 21 heavy (non-hydrogen) atoms. The molecule has 0 saturated heterocycles. The number of benzene rings is 2. The zero-order valence-electron chi connectivity index (χ0n) is 11.6. The molecule has 3 rings (SSSR count). The number of para-hydroxylation sites is 1. The van der Waals surface area contributed by atoms with E-state index in [2.05, 4.69) is 4.98 Å². The maximum Gasteiger partial charge on any atom is 0.138 e. The predicted octanol–water partition coefficient (Wildman–Crippen LogP) is 3.53. The van der Waals surface area contributed by atoms with E-state index < -0.39 is 0 Å². The average Bonchev–Trinajstić information content (AvgIpc) is 2.55. The highest BCUT2D eigenvalue weighted by molar-refractivity contribution is 5.85. The van der Waals surface area contributed by atoms with Gasteiger partial charge in [-0.15, -0.1) is 0 Å².